The number of nitrogens with zero attached hydrogens (tertiary/aromatic N) is 2. The fourth-order valence-corrected chi connectivity index (χ4v) is 2.86. The van der Waals surface area contributed by atoms with Gasteiger partial charge in [-0.3, -0.25) is 0 Å². The molecule has 4 nitrogen and oxygen atoms in total. The lowest BCUT2D eigenvalue weighted by molar-refractivity contribution is 0.439. The third-order valence-electron chi connectivity index (χ3n) is 2.75. The quantitative estimate of drug-likeness (QED) is 0.759. The van der Waals surface area contributed by atoms with Gasteiger partial charge in [-0.2, -0.15) is 17.0 Å². The Hall–Kier alpha value is -0.980. The van der Waals surface area contributed by atoms with E-state index in [2.05, 4.69) is 0 Å². The summed E-state index contributed by atoms with van der Waals surface area (Å²) >= 11 is 0. The van der Waals surface area contributed by atoms with E-state index in [4.69, 9.17) is 0 Å². The minimum Gasteiger partial charge on any atom is -0.207 e. The highest BCUT2D eigenvalue weighted by atomic mass is 32.2. The van der Waals surface area contributed by atoms with Gasteiger partial charge >= 0.3 is 0 Å². The number of hydrogen-bond donors (Lipinski definition) is 0. The topological polar surface area (TPSA) is 40.4 Å². The molecule has 0 unspecified atom stereocenters. The van der Waals surface area contributed by atoms with Crippen molar-refractivity contribution in [1.29, 1.82) is 0 Å². The maximum atomic E-state index is 13.1. The van der Waals surface area contributed by atoms with E-state index in [1.54, 1.807) is 19.1 Å². The molecule has 0 atom stereocenters. The summed E-state index contributed by atoms with van der Waals surface area (Å²) in [4.78, 5) is 0. The molecule has 0 radical (unpaired) electrons. The van der Waals surface area contributed by atoms with Crippen LogP contribution >= 0.6 is 0 Å². The van der Waals surface area contributed by atoms with E-state index in [0.29, 0.717) is 18.7 Å². The van der Waals surface area contributed by atoms with Gasteiger partial charge in [0.2, 0.25) is 0 Å². The molecule has 1 fully saturated rings. The highest BCUT2D eigenvalue weighted by Crippen LogP contribution is 2.18. The zero-order chi connectivity index (χ0) is 12.6. The summed E-state index contributed by atoms with van der Waals surface area (Å²) in [6, 6.07) is 4.64. The van der Waals surface area contributed by atoms with E-state index in [-0.39, 0.29) is 12.4 Å². The van der Waals surface area contributed by atoms with Gasteiger partial charge in [0.05, 0.1) is 0 Å². The lowest BCUT2D eigenvalue weighted by atomic mass is 10.1. The van der Waals surface area contributed by atoms with E-state index >= 15 is 0 Å². The highest BCUT2D eigenvalue weighted by Gasteiger charge is 2.34. The zero-order valence-corrected chi connectivity index (χ0v) is 10.7. The van der Waals surface area contributed by atoms with Crippen molar-refractivity contribution < 1.29 is 12.8 Å². The molecule has 0 aliphatic carbocycles. The van der Waals surface area contributed by atoms with Gasteiger partial charge in [-0.15, -0.1) is 0 Å². The Morgan fingerprint density at radius 2 is 2.06 bits per heavy atom. The van der Waals surface area contributed by atoms with Crippen molar-refractivity contribution in [2.75, 3.05) is 20.1 Å². The molecule has 1 aliphatic heterocycles. The van der Waals surface area contributed by atoms with Crippen LogP contribution in [0.5, 0.6) is 0 Å². The van der Waals surface area contributed by atoms with Crippen molar-refractivity contribution >= 4 is 10.2 Å². The molecule has 1 saturated heterocycles. The van der Waals surface area contributed by atoms with Crippen molar-refractivity contribution in [1.82, 2.24) is 8.61 Å². The second-order valence-corrected chi connectivity index (χ2v) is 6.28. The summed E-state index contributed by atoms with van der Waals surface area (Å²) in [7, 11) is -1.78. The first-order valence-corrected chi connectivity index (χ1v) is 6.77. The van der Waals surface area contributed by atoms with Gasteiger partial charge in [0.15, 0.2) is 0 Å². The second kappa shape index (κ2) is 4.36. The van der Waals surface area contributed by atoms with Gasteiger partial charge in [0, 0.05) is 26.7 Å². The number of rotatable bonds is 4. The van der Waals surface area contributed by atoms with Crippen LogP contribution in [0.2, 0.25) is 0 Å². The normalized spacial score (nSPS) is 16.5. The Bertz CT molecular complexity index is 526. The van der Waals surface area contributed by atoms with Crippen molar-refractivity contribution in [2.45, 2.75) is 13.5 Å². The van der Waals surface area contributed by atoms with Crippen LogP contribution in [0.4, 0.5) is 4.39 Å². The van der Waals surface area contributed by atoms with Crippen LogP contribution in [0.15, 0.2) is 18.2 Å². The predicted molar refractivity (Wildman–Crippen MR) is 63.1 cm³/mol. The molecule has 0 amide bonds. The van der Waals surface area contributed by atoms with Crippen LogP contribution in [-0.4, -0.2) is 37.2 Å². The third-order valence-corrected chi connectivity index (χ3v) is 4.69. The first-order chi connectivity index (χ1) is 7.91. The predicted octanol–water partition coefficient (Wildman–Crippen LogP) is 1.13. The van der Waals surface area contributed by atoms with Crippen LogP contribution < -0.4 is 0 Å². The molecule has 94 valence electrons. The van der Waals surface area contributed by atoms with E-state index < -0.39 is 10.2 Å². The van der Waals surface area contributed by atoms with E-state index in [1.165, 1.54) is 21.7 Å². The number of halogens is 1. The van der Waals surface area contributed by atoms with Crippen LogP contribution in [0.1, 0.15) is 11.1 Å². The minimum atomic E-state index is -3.31. The maximum Gasteiger partial charge on any atom is 0.282 e. The summed E-state index contributed by atoms with van der Waals surface area (Å²) in [6.45, 7) is 3.11. The van der Waals surface area contributed by atoms with Gasteiger partial charge in [-0.1, -0.05) is 12.1 Å². The summed E-state index contributed by atoms with van der Waals surface area (Å²) < 4.78 is 39.4. The zero-order valence-electron chi connectivity index (χ0n) is 9.85. The Morgan fingerprint density at radius 3 is 2.59 bits per heavy atom. The lowest BCUT2D eigenvalue weighted by Gasteiger charge is -2.17. The summed E-state index contributed by atoms with van der Waals surface area (Å²) in [5, 5.41) is 0. The maximum absolute atomic E-state index is 13.1. The first kappa shape index (κ1) is 12.5. The SMILES string of the molecule is Cc1cc(CN(C)S(=O)(=O)N2CC2)ccc1F. The van der Waals surface area contributed by atoms with Gasteiger partial charge in [-0.05, 0) is 24.1 Å². The molecule has 2 rings (SSSR count). The van der Waals surface area contributed by atoms with Crippen LogP contribution in [0.25, 0.3) is 0 Å². The molecule has 0 bridgehead atoms. The van der Waals surface area contributed by atoms with Crippen LogP contribution in [0.3, 0.4) is 0 Å². The molecule has 6 heteroatoms. The second-order valence-electron chi connectivity index (χ2n) is 4.25. The fraction of sp³-hybridized carbons (Fsp3) is 0.455. The average Bonchev–Trinajstić information content (AvgIpc) is 3.07. The molecule has 0 N–H and O–H groups in total. The molecular weight excluding hydrogens is 243 g/mol. The monoisotopic (exact) mass is 258 g/mol. The number of hydrogen-bond acceptors (Lipinski definition) is 2. The summed E-state index contributed by atoms with van der Waals surface area (Å²) in [5.41, 5.74) is 1.32. The van der Waals surface area contributed by atoms with E-state index in [0.717, 1.165) is 5.56 Å². The molecule has 1 aromatic carbocycles. The Labute approximate surface area is 101 Å². The van der Waals surface area contributed by atoms with Gasteiger partial charge in [0.1, 0.15) is 5.82 Å². The molecule has 0 saturated carbocycles. The summed E-state index contributed by atoms with van der Waals surface area (Å²) in [6.07, 6.45) is 0. The third kappa shape index (κ3) is 2.65. The minimum absolute atomic E-state index is 0.264. The fourth-order valence-electron chi connectivity index (χ4n) is 1.61. The van der Waals surface area contributed by atoms with Gasteiger partial charge in [-0.25, -0.2) is 4.39 Å². The van der Waals surface area contributed by atoms with Gasteiger partial charge < -0.3 is 0 Å². The summed E-state index contributed by atoms with van der Waals surface area (Å²) in [5.74, 6) is -0.273. The molecular formula is C11H15FN2O2S. The largest absolute Gasteiger partial charge is 0.282 e. The number of aryl methyl sites for hydroxylation is 1. The first-order valence-electron chi connectivity index (χ1n) is 5.37. The van der Waals surface area contributed by atoms with Crippen molar-refractivity contribution in [3.63, 3.8) is 0 Å². The molecule has 1 aromatic rings. The Kier molecular flexibility index (Phi) is 3.20. The van der Waals surface area contributed by atoms with Crippen molar-refractivity contribution in [3.05, 3.63) is 35.1 Å². The lowest BCUT2D eigenvalue weighted by Crippen LogP contribution is -2.31. The Balaban J connectivity index is 2.12. The van der Waals surface area contributed by atoms with Crippen LogP contribution in [-0.2, 0) is 16.8 Å². The molecule has 1 heterocycles. The Morgan fingerprint density at radius 1 is 1.41 bits per heavy atom. The molecule has 17 heavy (non-hydrogen) atoms. The standard InChI is InChI=1S/C11H15FN2O2S/c1-9-7-10(3-4-11(9)12)8-13(2)17(15,16)14-5-6-14/h3-4,7H,5-6,8H2,1-2H3. The van der Waals surface area contributed by atoms with Gasteiger partial charge in [0.25, 0.3) is 10.2 Å². The average molecular weight is 258 g/mol. The number of benzene rings is 1. The highest BCUT2D eigenvalue weighted by molar-refractivity contribution is 7.86. The van der Waals surface area contributed by atoms with Crippen molar-refractivity contribution in [3.8, 4) is 0 Å². The van der Waals surface area contributed by atoms with E-state index in [9.17, 15) is 12.8 Å². The van der Waals surface area contributed by atoms with Crippen molar-refractivity contribution in [2.24, 2.45) is 0 Å². The van der Waals surface area contributed by atoms with Crippen LogP contribution in [0, 0.1) is 12.7 Å². The molecule has 1 aliphatic rings. The van der Waals surface area contributed by atoms with E-state index in [1.807, 2.05) is 0 Å². The molecule has 0 aromatic heterocycles. The smallest absolute Gasteiger partial charge is 0.207 e. The molecule has 0 spiro atoms.